The second-order valence-corrected chi connectivity index (χ2v) is 3.61. The maximum Gasteiger partial charge on any atom is 0.302 e. The van der Waals surface area contributed by atoms with Gasteiger partial charge in [0.15, 0.2) is 23.4 Å². The number of ether oxygens (including phenoxy) is 1. The van der Waals surface area contributed by atoms with Crippen LogP contribution in [0.25, 0.3) is 10.9 Å². The van der Waals surface area contributed by atoms with Crippen LogP contribution >= 0.6 is 0 Å². The molecule has 2 aromatic rings. The van der Waals surface area contributed by atoms with Gasteiger partial charge in [0, 0.05) is 18.4 Å². The van der Waals surface area contributed by atoms with Gasteiger partial charge in [-0.3, -0.25) is 4.79 Å². The van der Waals surface area contributed by atoms with Crippen LogP contribution in [0.2, 0.25) is 0 Å². The Balaban J connectivity index is 2.62. The molecule has 1 N–H and O–H groups in total. The van der Waals surface area contributed by atoms with Crippen LogP contribution in [0.15, 0.2) is 6.07 Å². The van der Waals surface area contributed by atoms with Gasteiger partial charge in [0.2, 0.25) is 0 Å². The van der Waals surface area contributed by atoms with Crippen LogP contribution < -0.4 is 0 Å². The maximum absolute atomic E-state index is 13.5. The van der Waals surface area contributed by atoms with Crippen molar-refractivity contribution in [2.45, 2.75) is 13.5 Å². The largest absolute Gasteiger partial charge is 0.461 e. The summed E-state index contributed by atoms with van der Waals surface area (Å²) in [7, 11) is 0. The summed E-state index contributed by atoms with van der Waals surface area (Å²) in [5.74, 6) is -6.36. The number of fused-ring (bicyclic) bond motifs is 1. The van der Waals surface area contributed by atoms with E-state index in [0.717, 1.165) is 6.92 Å². The molecular formula is C11H7F4NO2. The third-order valence-electron chi connectivity index (χ3n) is 2.39. The number of aromatic amines is 1. The van der Waals surface area contributed by atoms with Gasteiger partial charge >= 0.3 is 5.97 Å². The fraction of sp³-hybridized carbons (Fsp3) is 0.182. The van der Waals surface area contributed by atoms with Gasteiger partial charge in [-0.05, 0) is 0 Å². The van der Waals surface area contributed by atoms with Crippen molar-refractivity contribution >= 4 is 16.9 Å². The summed E-state index contributed by atoms with van der Waals surface area (Å²) in [6.07, 6.45) is 0. The predicted molar refractivity (Wildman–Crippen MR) is 53.6 cm³/mol. The first kappa shape index (κ1) is 12.4. The zero-order chi connectivity index (χ0) is 13.4. The Morgan fingerprint density at radius 3 is 2.56 bits per heavy atom. The number of halogens is 4. The van der Waals surface area contributed by atoms with Crippen LogP contribution in [0.1, 0.15) is 12.5 Å². The lowest BCUT2D eigenvalue weighted by molar-refractivity contribution is -0.142. The number of carbonyl (C=O) groups excluding carboxylic acids is 1. The van der Waals surface area contributed by atoms with Crippen molar-refractivity contribution in [3.8, 4) is 0 Å². The van der Waals surface area contributed by atoms with Crippen LogP contribution in [-0.4, -0.2) is 11.0 Å². The van der Waals surface area contributed by atoms with Crippen LogP contribution in [-0.2, 0) is 16.1 Å². The summed E-state index contributed by atoms with van der Waals surface area (Å²) in [5.41, 5.74) is -0.609. The van der Waals surface area contributed by atoms with Crippen molar-refractivity contribution in [1.82, 2.24) is 4.98 Å². The number of hydrogen-bond acceptors (Lipinski definition) is 2. The molecule has 2 rings (SSSR count). The highest BCUT2D eigenvalue weighted by atomic mass is 19.2. The third kappa shape index (κ3) is 1.92. The number of rotatable bonds is 2. The molecule has 0 radical (unpaired) electrons. The Morgan fingerprint density at radius 2 is 1.94 bits per heavy atom. The highest BCUT2D eigenvalue weighted by Crippen LogP contribution is 2.28. The normalized spacial score (nSPS) is 10.9. The number of H-pyrrole nitrogens is 1. The minimum Gasteiger partial charge on any atom is -0.461 e. The van der Waals surface area contributed by atoms with E-state index in [0.29, 0.717) is 6.07 Å². The van der Waals surface area contributed by atoms with E-state index in [2.05, 4.69) is 9.72 Å². The van der Waals surface area contributed by atoms with Gasteiger partial charge < -0.3 is 9.72 Å². The van der Waals surface area contributed by atoms with Gasteiger partial charge in [-0.15, -0.1) is 0 Å². The standard InChI is InChI=1S/C11H7F4NO2/c1-4(17)18-3-5-8-7(16-11(5)15)2-6(12)9(13)10(8)14/h2,16H,3H2,1H3. The quantitative estimate of drug-likeness (QED) is 0.513. The van der Waals surface area contributed by atoms with Crippen LogP contribution in [0.3, 0.4) is 0 Å². The molecule has 0 fully saturated rings. The van der Waals surface area contributed by atoms with E-state index in [1.165, 1.54) is 0 Å². The van der Waals surface area contributed by atoms with E-state index in [9.17, 15) is 22.4 Å². The smallest absolute Gasteiger partial charge is 0.302 e. The number of nitrogens with one attached hydrogen (secondary N) is 1. The van der Waals surface area contributed by atoms with E-state index in [4.69, 9.17) is 0 Å². The first-order valence-corrected chi connectivity index (χ1v) is 4.88. The van der Waals surface area contributed by atoms with Gasteiger partial charge in [-0.25, -0.2) is 13.2 Å². The topological polar surface area (TPSA) is 42.1 Å². The molecule has 0 unspecified atom stereocenters. The number of carbonyl (C=O) groups is 1. The lowest BCUT2D eigenvalue weighted by Crippen LogP contribution is -2.01. The predicted octanol–water partition coefficient (Wildman–Crippen LogP) is 2.79. The van der Waals surface area contributed by atoms with E-state index >= 15 is 0 Å². The SMILES string of the molecule is CC(=O)OCc1c(F)[nH]c2cc(F)c(F)c(F)c12. The second kappa shape index (κ2) is 4.32. The summed E-state index contributed by atoms with van der Waals surface area (Å²) in [5, 5.41) is -0.465. The molecule has 0 aliphatic heterocycles. The summed E-state index contributed by atoms with van der Waals surface area (Å²) in [4.78, 5) is 12.7. The summed E-state index contributed by atoms with van der Waals surface area (Å²) < 4.78 is 57.5. The zero-order valence-corrected chi connectivity index (χ0v) is 9.11. The van der Waals surface area contributed by atoms with Gasteiger partial charge in [0.25, 0.3) is 0 Å². The number of esters is 1. The van der Waals surface area contributed by atoms with E-state index in [1.54, 1.807) is 0 Å². The molecule has 0 spiro atoms. The fourth-order valence-electron chi connectivity index (χ4n) is 1.60. The van der Waals surface area contributed by atoms with Crippen molar-refractivity contribution in [1.29, 1.82) is 0 Å². The minimum absolute atomic E-state index is 0.244. The minimum atomic E-state index is -1.70. The van der Waals surface area contributed by atoms with Crippen molar-refractivity contribution in [3.05, 3.63) is 35.0 Å². The summed E-state index contributed by atoms with van der Waals surface area (Å²) >= 11 is 0. The summed E-state index contributed by atoms with van der Waals surface area (Å²) in [6.45, 7) is 0.520. The molecule has 1 heterocycles. The molecule has 0 saturated heterocycles. The highest BCUT2D eigenvalue weighted by Gasteiger charge is 2.21. The first-order chi connectivity index (χ1) is 8.41. The van der Waals surface area contributed by atoms with Gasteiger partial charge in [0.05, 0.1) is 11.1 Å². The van der Waals surface area contributed by atoms with E-state index in [-0.39, 0.29) is 11.1 Å². The molecule has 3 nitrogen and oxygen atoms in total. The highest BCUT2D eigenvalue weighted by molar-refractivity contribution is 5.84. The van der Waals surface area contributed by atoms with Crippen molar-refractivity contribution in [2.24, 2.45) is 0 Å². The fourth-order valence-corrected chi connectivity index (χ4v) is 1.60. The molecule has 0 saturated carbocycles. The van der Waals surface area contributed by atoms with E-state index in [1.807, 2.05) is 0 Å². The molecule has 0 amide bonds. The monoisotopic (exact) mass is 261 g/mol. The van der Waals surface area contributed by atoms with Gasteiger partial charge in [-0.1, -0.05) is 0 Å². The average molecular weight is 261 g/mol. The lowest BCUT2D eigenvalue weighted by atomic mass is 10.1. The van der Waals surface area contributed by atoms with Crippen LogP contribution in [0.5, 0.6) is 0 Å². The molecule has 1 aromatic carbocycles. The Kier molecular flexibility index (Phi) is 2.98. The Bertz CT molecular complexity index is 636. The Hall–Kier alpha value is -2.05. The maximum atomic E-state index is 13.5. The zero-order valence-electron chi connectivity index (χ0n) is 9.11. The first-order valence-electron chi connectivity index (χ1n) is 4.88. The van der Waals surface area contributed by atoms with Crippen LogP contribution in [0.4, 0.5) is 17.6 Å². The molecule has 7 heteroatoms. The second-order valence-electron chi connectivity index (χ2n) is 3.61. The molecule has 0 atom stereocenters. The number of benzene rings is 1. The molecule has 0 aliphatic carbocycles. The van der Waals surface area contributed by atoms with Gasteiger partial charge in [0.1, 0.15) is 6.61 Å². The molecule has 96 valence electrons. The Labute approximate surface area is 98.4 Å². The van der Waals surface area contributed by atoms with Crippen molar-refractivity contribution < 1.29 is 27.1 Å². The molecule has 0 aliphatic rings. The number of aromatic nitrogens is 1. The summed E-state index contributed by atoms with van der Waals surface area (Å²) in [6, 6.07) is 0.633. The molecular weight excluding hydrogens is 254 g/mol. The van der Waals surface area contributed by atoms with Crippen molar-refractivity contribution in [2.75, 3.05) is 0 Å². The van der Waals surface area contributed by atoms with E-state index < -0.39 is 41.4 Å². The third-order valence-corrected chi connectivity index (χ3v) is 2.39. The number of hydrogen-bond donors (Lipinski definition) is 1. The molecule has 1 aromatic heterocycles. The van der Waals surface area contributed by atoms with Crippen LogP contribution in [0, 0.1) is 23.4 Å². The molecule has 0 bridgehead atoms. The lowest BCUT2D eigenvalue weighted by Gasteiger charge is -2.02. The van der Waals surface area contributed by atoms with Crippen molar-refractivity contribution in [3.63, 3.8) is 0 Å². The average Bonchev–Trinajstić information content (AvgIpc) is 2.59. The van der Waals surface area contributed by atoms with Gasteiger partial charge in [-0.2, -0.15) is 4.39 Å². The molecule has 18 heavy (non-hydrogen) atoms. The Morgan fingerprint density at radius 1 is 1.28 bits per heavy atom.